The smallest absolute Gasteiger partial charge is 0.274 e. The van der Waals surface area contributed by atoms with Crippen molar-refractivity contribution >= 4 is 11.6 Å². The van der Waals surface area contributed by atoms with E-state index in [1.165, 1.54) is 0 Å². The number of H-pyrrole nitrogens is 1. The van der Waals surface area contributed by atoms with Gasteiger partial charge in [0.05, 0.1) is 24.1 Å². The number of nitrogens with zero attached hydrogens (tertiary/aromatic N) is 2. The first-order chi connectivity index (χ1) is 9.61. The van der Waals surface area contributed by atoms with E-state index in [-0.39, 0.29) is 17.7 Å². The van der Waals surface area contributed by atoms with Gasteiger partial charge in [0.1, 0.15) is 0 Å². The average Bonchev–Trinajstić information content (AvgIpc) is 2.78. The largest absolute Gasteiger partial charge is 0.395 e. The van der Waals surface area contributed by atoms with Gasteiger partial charge in [0.15, 0.2) is 5.69 Å². The van der Waals surface area contributed by atoms with Crippen molar-refractivity contribution in [2.24, 2.45) is 0 Å². The van der Waals surface area contributed by atoms with Crippen LogP contribution in [0.1, 0.15) is 29.5 Å². The number of hydrogen-bond acceptors (Lipinski definition) is 5. The molecule has 1 fully saturated rings. The van der Waals surface area contributed by atoms with Crippen molar-refractivity contribution in [1.82, 2.24) is 20.4 Å². The number of anilines is 1. The number of aromatic amines is 1. The van der Waals surface area contributed by atoms with Crippen molar-refractivity contribution in [3.8, 4) is 0 Å². The standard InChI is InChI=1S/C13H23N5O2/c1-3-4-10-11(14)12(17-16-10)13(19)15-7-9-8-18(2)5-6-20-9/h9H,3-8,14H2,1-2H3,(H,15,19)(H,16,17). The summed E-state index contributed by atoms with van der Waals surface area (Å²) in [5, 5.41) is 9.66. The second-order valence-electron chi connectivity index (χ2n) is 5.18. The van der Waals surface area contributed by atoms with Crippen molar-refractivity contribution in [2.75, 3.05) is 39.0 Å². The molecule has 0 aliphatic carbocycles. The molecule has 1 aromatic heterocycles. The number of amides is 1. The van der Waals surface area contributed by atoms with E-state index in [2.05, 4.69) is 27.3 Å². The van der Waals surface area contributed by atoms with E-state index in [0.717, 1.165) is 31.6 Å². The van der Waals surface area contributed by atoms with E-state index >= 15 is 0 Å². The Morgan fingerprint density at radius 3 is 3.15 bits per heavy atom. The molecule has 1 aromatic rings. The number of nitrogens with two attached hydrogens (primary N) is 1. The number of nitrogen functional groups attached to an aromatic ring is 1. The number of aryl methyl sites for hydroxylation is 1. The highest BCUT2D eigenvalue weighted by Gasteiger charge is 2.21. The zero-order valence-corrected chi connectivity index (χ0v) is 12.1. The van der Waals surface area contributed by atoms with Crippen molar-refractivity contribution in [3.05, 3.63) is 11.4 Å². The van der Waals surface area contributed by atoms with E-state index in [0.29, 0.717) is 18.8 Å². The van der Waals surface area contributed by atoms with Gasteiger partial charge in [0.2, 0.25) is 0 Å². The van der Waals surface area contributed by atoms with Crippen LogP contribution in [0.25, 0.3) is 0 Å². The first-order valence-electron chi connectivity index (χ1n) is 7.02. The zero-order valence-electron chi connectivity index (χ0n) is 12.1. The lowest BCUT2D eigenvalue weighted by Crippen LogP contribution is -2.46. The Labute approximate surface area is 118 Å². The number of carbonyl (C=O) groups is 1. The minimum Gasteiger partial charge on any atom is -0.395 e. The molecule has 1 aliphatic heterocycles. The molecule has 0 aromatic carbocycles. The van der Waals surface area contributed by atoms with Gasteiger partial charge in [0.25, 0.3) is 5.91 Å². The monoisotopic (exact) mass is 281 g/mol. The molecule has 1 aliphatic rings. The maximum Gasteiger partial charge on any atom is 0.274 e. The number of rotatable bonds is 5. The summed E-state index contributed by atoms with van der Waals surface area (Å²) in [7, 11) is 2.04. The van der Waals surface area contributed by atoms with Crippen LogP contribution < -0.4 is 11.1 Å². The van der Waals surface area contributed by atoms with E-state index in [1.54, 1.807) is 0 Å². The third-order valence-corrected chi connectivity index (χ3v) is 3.43. The summed E-state index contributed by atoms with van der Waals surface area (Å²) in [5.74, 6) is -0.252. The van der Waals surface area contributed by atoms with Gasteiger partial charge < -0.3 is 20.7 Å². The van der Waals surface area contributed by atoms with E-state index < -0.39 is 0 Å². The molecule has 0 bridgehead atoms. The quantitative estimate of drug-likeness (QED) is 0.706. The van der Waals surface area contributed by atoms with Crippen LogP contribution in [0.3, 0.4) is 0 Å². The third-order valence-electron chi connectivity index (χ3n) is 3.43. The number of ether oxygens (including phenoxy) is 1. The molecule has 1 amide bonds. The Morgan fingerprint density at radius 1 is 1.65 bits per heavy atom. The molecule has 2 heterocycles. The van der Waals surface area contributed by atoms with Crippen LogP contribution in [-0.4, -0.2) is 60.4 Å². The number of carbonyl (C=O) groups excluding carboxylic acids is 1. The Morgan fingerprint density at radius 2 is 2.45 bits per heavy atom. The third kappa shape index (κ3) is 3.49. The number of morpholine rings is 1. The van der Waals surface area contributed by atoms with Gasteiger partial charge in [-0.25, -0.2) is 0 Å². The molecule has 1 saturated heterocycles. The summed E-state index contributed by atoms with van der Waals surface area (Å²) in [6.45, 7) is 4.96. The molecule has 2 rings (SSSR count). The Bertz CT molecular complexity index is 460. The van der Waals surface area contributed by atoms with Crippen LogP contribution in [0.5, 0.6) is 0 Å². The lowest BCUT2D eigenvalue weighted by Gasteiger charge is -2.29. The van der Waals surface area contributed by atoms with Gasteiger partial charge >= 0.3 is 0 Å². The van der Waals surface area contributed by atoms with Crippen LogP contribution in [0.2, 0.25) is 0 Å². The summed E-state index contributed by atoms with van der Waals surface area (Å²) < 4.78 is 5.59. The fourth-order valence-electron chi connectivity index (χ4n) is 2.28. The van der Waals surface area contributed by atoms with Gasteiger partial charge in [0, 0.05) is 19.6 Å². The molecule has 0 saturated carbocycles. The van der Waals surface area contributed by atoms with Crippen LogP contribution in [-0.2, 0) is 11.2 Å². The minimum atomic E-state index is -0.252. The lowest BCUT2D eigenvalue weighted by molar-refractivity contribution is -0.0175. The normalized spacial score (nSPS) is 20.0. The zero-order chi connectivity index (χ0) is 14.5. The number of hydrogen-bond donors (Lipinski definition) is 3. The highest BCUT2D eigenvalue weighted by atomic mass is 16.5. The molecule has 0 radical (unpaired) electrons. The average molecular weight is 281 g/mol. The summed E-state index contributed by atoms with van der Waals surface area (Å²) >= 11 is 0. The molecule has 0 spiro atoms. The fourth-order valence-corrected chi connectivity index (χ4v) is 2.28. The van der Waals surface area contributed by atoms with Crippen LogP contribution >= 0.6 is 0 Å². The molecule has 1 unspecified atom stereocenters. The van der Waals surface area contributed by atoms with Crippen molar-refractivity contribution < 1.29 is 9.53 Å². The number of likely N-dealkylation sites (N-methyl/N-ethyl adjacent to an activating group) is 1. The predicted molar refractivity (Wildman–Crippen MR) is 76.6 cm³/mol. The van der Waals surface area contributed by atoms with Crippen LogP contribution in [0.4, 0.5) is 5.69 Å². The minimum absolute atomic E-state index is 0.0213. The fraction of sp³-hybridized carbons (Fsp3) is 0.692. The maximum absolute atomic E-state index is 12.1. The summed E-state index contributed by atoms with van der Waals surface area (Å²) in [6.07, 6.45) is 1.77. The van der Waals surface area contributed by atoms with Gasteiger partial charge in [-0.3, -0.25) is 9.89 Å². The Hall–Kier alpha value is -1.60. The van der Waals surface area contributed by atoms with Crippen molar-refractivity contribution in [2.45, 2.75) is 25.9 Å². The molecule has 7 heteroatoms. The lowest BCUT2D eigenvalue weighted by atomic mass is 10.2. The Kier molecular flexibility index (Phi) is 4.97. The van der Waals surface area contributed by atoms with Gasteiger partial charge in [-0.2, -0.15) is 5.10 Å². The van der Waals surface area contributed by atoms with Crippen LogP contribution in [0.15, 0.2) is 0 Å². The SMILES string of the molecule is CCCc1[nH]nc(C(=O)NCC2CN(C)CCO2)c1N. The highest BCUT2D eigenvalue weighted by molar-refractivity contribution is 5.97. The summed E-state index contributed by atoms with van der Waals surface area (Å²) in [4.78, 5) is 14.2. The van der Waals surface area contributed by atoms with Crippen molar-refractivity contribution in [1.29, 1.82) is 0 Å². The number of nitrogens with one attached hydrogen (secondary N) is 2. The molecule has 4 N–H and O–H groups in total. The highest BCUT2D eigenvalue weighted by Crippen LogP contribution is 2.15. The van der Waals surface area contributed by atoms with Gasteiger partial charge in [-0.05, 0) is 13.5 Å². The molecule has 20 heavy (non-hydrogen) atoms. The Balaban J connectivity index is 1.88. The first kappa shape index (κ1) is 14.8. The molecular formula is C13H23N5O2. The van der Waals surface area contributed by atoms with E-state index in [9.17, 15) is 4.79 Å². The summed E-state index contributed by atoms with van der Waals surface area (Å²) in [5.41, 5.74) is 7.48. The van der Waals surface area contributed by atoms with Crippen molar-refractivity contribution in [3.63, 3.8) is 0 Å². The van der Waals surface area contributed by atoms with Crippen LogP contribution in [0, 0.1) is 0 Å². The number of aromatic nitrogens is 2. The summed E-state index contributed by atoms with van der Waals surface area (Å²) in [6, 6.07) is 0. The van der Waals surface area contributed by atoms with E-state index in [4.69, 9.17) is 10.5 Å². The topological polar surface area (TPSA) is 96.3 Å². The maximum atomic E-state index is 12.1. The second-order valence-corrected chi connectivity index (χ2v) is 5.18. The first-order valence-corrected chi connectivity index (χ1v) is 7.02. The van der Waals surface area contributed by atoms with Gasteiger partial charge in [-0.1, -0.05) is 13.3 Å². The molecular weight excluding hydrogens is 258 g/mol. The second kappa shape index (κ2) is 6.71. The molecule has 7 nitrogen and oxygen atoms in total. The molecule has 112 valence electrons. The van der Waals surface area contributed by atoms with E-state index in [1.807, 2.05) is 7.05 Å². The van der Waals surface area contributed by atoms with Gasteiger partial charge in [-0.15, -0.1) is 0 Å². The predicted octanol–water partition coefficient (Wildman–Crippen LogP) is 0.00480. The molecule has 1 atom stereocenters.